The van der Waals surface area contributed by atoms with Crippen LogP contribution < -0.4 is 10.9 Å². The molecule has 0 saturated carbocycles. The lowest BCUT2D eigenvalue weighted by atomic mass is 9.97. The molecule has 3 rings (SSSR count). The number of ether oxygens (including phenoxy) is 1. The van der Waals surface area contributed by atoms with Crippen LogP contribution in [0.5, 0.6) is 0 Å². The van der Waals surface area contributed by atoms with E-state index in [9.17, 15) is 14.4 Å². The van der Waals surface area contributed by atoms with Crippen LogP contribution in [0.25, 0.3) is 10.2 Å². The maximum atomic E-state index is 12.5. The van der Waals surface area contributed by atoms with E-state index in [1.165, 1.54) is 4.88 Å². The van der Waals surface area contributed by atoms with Gasteiger partial charge < -0.3 is 15.0 Å². The Morgan fingerprint density at radius 3 is 2.75 bits per heavy atom. The number of fused-ring (bicyclic) bond motifs is 3. The number of hydrogen-bond acceptors (Lipinski definition) is 6. The van der Waals surface area contributed by atoms with E-state index < -0.39 is 12.1 Å². The standard InChI is InChI=1S/C20H27N3O4S/c1-11(2)10-21-18(25)12(3)27-16(24)9-8-15-22-19(26)17-13-6-4-5-7-14(13)28-20(17)23-15/h11-12H,4-10H2,1-3H3,(H,21,25)(H,22,23,26)/t12-/m1/s1. The summed E-state index contributed by atoms with van der Waals surface area (Å²) in [5.74, 6) is 0.0112. The van der Waals surface area contributed by atoms with Gasteiger partial charge in [-0.3, -0.25) is 14.4 Å². The zero-order chi connectivity index (χ0) is 20.3. The van der Waals surface area contributed by atoms with Crippen molar-refractivity contribution in [2.75, 3.05) is 6.54 Å². The number of nitrogens with one attached hydrogen (secondary N) is 2. The largest absolute Gasteiger partial charge is 0.453 e. The van der Waals surface area contributed by atoms with E-state index in [1.54, 1.807) is 18.3 Å². The minimum Gasteiger partial charge on any atom is -0.453 e. The molecule has 1 aliphatic carbocycles. The number of amides is 1. The van der Waals surface area contributed by atoms with E-state index in [0.29, 0.717) is 23.7 Å². The number of carbonyl (C=O) groups is 2. The molecule has 2 heterocycles. The minimum atomic E-state index is -0.843. The number of esters is 1. The lowest BCUT2D eigenvalue weighted by molar-refractivity contribution is -0.154. The van der Waals surface area contributed by atoms with Gasteiger partial charge in [-0.05, 0) is 44.1 Å². The highest BCUT2D eigenvalue weighted by molar-refractivity contribution is 7.18. The van der Waals surface area contributed by atoms with Gasteiger partial charge in [-0.1, -0.05) is 13.8 Å². The summed E-state index contributed by atoms with van der Waals surface area (Å²) in [7, 11) is 0. The van der Waals surface area contributed by atoms with Crippen molar-refractivity contribution in [3.8, 4) is 0 Å². The first-order valence-corrected chi connectivity index (χ1v) is 10.7. The molecule has 0 fully saturated rings. The molecular weight excluding hydrogens is 378 g/mol. The predicted molar refractivity (Wildman–Crippen MR) is 109 cm³/mol. The van der Waals surface area contributed by atoms with Gasteiger partial charge in [-0.15, -0.1) is 11.3 Å². The molecule has 0 unspecified atom stereocenters. The molecule has 7 nitrogen and oxygen atoms in total. The van der Waals surface area contributed by atoms with Crippen LogP contribution in [0.3, 0.4) is 0 Å². The fourth-order valence-electron chi connectivity index (χ4n) is 3.31. The summed E-state index contributed by atoms with van der Waals surface area (Å²) in [5.41, 5.74) is 1.02. The third-order valence-electron chi connectivity index (χ3n) is 4.80. The number of aryl methyl sites for hydroxylation is 3. The van der Waals surface area contributed by atoms with E-state index in [1.807, 2.05) is 13.8 Å². The summed E-state index contributed by atoms with van der Waals surface area (Å²) >= 11 is 1.58. The van der Waals surface area contributed by atoms with E-state index in [2.05, 4.69) is 15.3 Å². The van der Waals surface area contributed by atoms with Crippen molar-refractivity contribution in [2.45, 2.75) is 65.4 Å². The second-order valence-electron chi connectivity index (χ2n) is 7.67. The molecular formula is C20H27N3O4S. The van der Waals surface area contributed by atoms with Gasteiger partial charge in [-0.2, -0.15) is 0 Å². The van der Waals surface area contributed by atoms with Crippen LogP contribution in [-0.2, 0) is 33.6 Å². The number of nitrogens with zero attached hydrogens (tertiary/aromatic N) is 1. The lowest BCUT2D eigenvalue weighted by Crippen LogP contribution is -2.37. The average molecular weight is 406 g/mol. The highest BCUT2D eigenvalue weighted by Crippen LogP contribution is 2.33. The van der Waals surface area contributed by atoms with Gasteiger partial charge in [0.15, 0.2) is 6.10 Å². The number of H-pyrrole nitrogens is 1. The fraction of sp³-hybridized carbons (Fsp3) is 0.600. The number of thiophene rings is 1. The van der Waals surface area contributed by atoms with Gasteiger partial charge in [0.2, 0.25) is 0 Å². The highest BCUT2D eigenvalue weighted by Gasteiger charge is 2.21. The molecule has 0 aromatic carbocycles. The zero-order valence-corrected chi connectivity index (χ0v) is 17.4. The molecule has 152 valence electrons. The number of hydrogen-bond donors (Lipinski definition) is 2. The van der Waals surface area contributed by atoms with Crippen molar-refractivity contribution < 1.29 is 14.3 Å². The van der Waals surface area contributed by atoms with Crippen LogP contribution in [0.1, 0.15) is 56.3 Å². The summed E-state index contributed by atoms with van der Waals surface area (Å²) < 4.78 is 5.18. The molecule has 8 heteroatoms. The third kappa shape index (κ3) is 4.79. The predicted octanol–water partition coefficient (Wildman–Crippen LogP) is 2.50. The van der Waals surface area contributed by atoms with Crippen LogP contribution in [0, 0.1) is 5.92 Å². The number of carbonyl (C=O) groups excluding carboxylic acids is 2. The quantitative estimate of drug-likeness (QED) is 0.689. The number of aromatic amines is 1. The minimum absolute atomic E-state index is 0.0569. The summed E-state index contributed by atoms with van der Waals surface area (Å²) in [5, 5.41) is 3.45. The molecule has 1 amide bonds. The van der Waals surface area contributed by atoms with Crippen molar-refractivity contribution in [1.29, 1.82) is 0 Å². The van der Waals surface area contributed by atoms with Crippen LogP contribution in [-0.4, -0.2) is 34.5 Å². The molecule has 2 aromatic rings. The van der Waals surface area contributed by atoms with Crippen LogP contribution in [0.15, 0.2) is 4.79 Å². The molecule has 0 bridgehead atoms. The van der Waals surface area contributed by atoms with Crippen molar-refractivity contribution in [3.05, 3.63) is 26.6 Å². The topological polar surface area (TPSA) is 101 Å². The van der Waals surface area contributed by atoms with Crippen molar-refractivity contribution in [2.24, 2.45) is 5.92 Å². The zero-order valence-electron chi connectivity index (χ0n) is 16.6. The Kier molecular flexibility index (Phi) is 6.49. The van der Waals surface area contributed by atoms with Gasteiger partial charge in [0.05, 0.1) is 11.8 Å². The first-order valence-electron chi connectivity index (χ1n) is 9.85. The Balaban J connectivity index is 1.60. The van der Waals surface area contributed by atoms with E-state index in [0.717, 1.165) is 36.1 Å². The molecule has 28 heavy (non-hydrogen) atoms. The molecule has 2 aromatic heterocycles. The van der Waals surface area contributed by atoms with Crippen molar-refractivity contribution >= 4 is 33.4 Å². The molecule has 0 saturated heterocycles. The van der Waals surface area contributed by atoms with Crippen molar-refractivity contribution in [3.63, 3.8) is 0 Å². The first kappa shape index (κ1) is 20.5. The first-order chi connectivity index (χ1) is 13.3. The molecule has 0 aliphatic heterocycles. The van der Waals surface area contributed by atoms with E-state index in [4.69, 9.17) is 4.74 Å². The Labute approximate surface area is 167 Å². The maximum Gasteiger partial charge on any atom is 0.307 e. The van der Waals surface area contributed by atoms with E-state index in [-0.39, 0.29) is 24.3 Å². The van der Waals surface area contributed by atoms with Gasteiger partial charge in [0.1, 0.15) is 10.7 Å². The van der Waals surface area contributed by atoms with Gasteiger partial charge in [-0.25, -0.2) is 4.98 Å². The second-order valence-corrected chi connectivity index (χ2v) is 8.76. The Morgan fingerprint density at radius 1 is 1.25 bits per heavy atom. The maximum absolute atomic E-state index is 12.5. The monoisotopic (exact) mass is 405 g/mol. The highest BCUT2D eigenvalue weighted by atomic mass is 32.1. The molecule has 1 atom stereocenters. The van der Waals surface area contributed by atoms with Crippen LogP contribution >= 0.6 is 11.3 Å². The van der Waals surface area contributed by atoms with Gasteiger partial charge in [0.25, 0.3) is 11.5 Å². The van der Waals surface area contributed by atoms with E-state index >= 15 is 0 Å². The summed E-state index contributed by atoms with van der Waals surface area (Å²) in [6.07, 6.45) is 3.68. The second kappa shape index (κ2) is 8.86. The molecule has 1 aliphatic rings. The summed E-state index contributed by atoms with van der Waals surface area (Å²) in [6, 6.07) is 0. The summed E-state index contributed by atoms with van der Waals surface area (Å²) in [4.78, 5) is 45.8. The molecule has 0 radical (unpaired) electrons. The van der Waals surface area contributed by atoms with Gasteiger partial charge >= 0.3 is 5.97 Å². The molecule has 0 spiro atoms. The smallest absolute Gasteiger partial charge is 0.307 e. The SMILES string of the molecule is CC(C)CNC(=O)[C@@H](C)OC(=O)CCc1nc2sc3c(c2c(=O)[nH]1)CCCC3. The Morgan fingerprint density at radius 2 is 2.00 bits per heavy atom. The third-order valence-corrected chi connectivity index (χ3v) is 5.99. The average Bonchev–Trinajstić information content (AvgIpc) is 3.03. The van der Waals surface area contributed by atoms with Crippen LogP contribution in [0.2, 0.25) is 0 Å². The number of rotatable bonds is 7. The van der Waals surface area contributed by atoms with Gasteiger partial charge in [0, 0.05) is 17.8 Å². The Hall–Kier alpha value is -2.22. The fourth-order valence-corrected chi connectivity index (χ4v) is 4.59. The molecule has 2 N–H and O–H groups in total. The van der Waals surface area contributed by atoms with Crippen molar-refractivity contribution in [1.82, 2.24) is 15.3 Å². The van der Waals surface area contributed by atoms with Crippen LogP contribution in [0.4, 0.5) is 0 Å². The number of aromatic nitrogens is 2. The summed E-state index contributed by atoms with van der Waals surface area (Å²) in [6.45, 7) is 6.07. The lowest BCUT2D eigenvalue weighted by Gasteiger charge is -2.14. The normalized spacial score (nSPS) is 14.7. The Bertz CT molecular complexity index is 931.